The standard InChI is InChI=1S/C7H9N3O3S/c1-2-4(10-12)6(11)13-5-3-14-7(8)9-5/h3-4H,2H2,1H3,(H2,8,9). The summed E-state index contributed by atoms with van der Waals surface area (Å²) in [4.78, 5) is 25.1. The number of thiazole rings is 1. The molecule has 0 aliphatic rings. The Morgan fingerprint density at radius 3 is 3.00 bits per heavy atom. The van der Waals surface area contributed by atoms with Crippen molar-refractivity contribution in [2.24, 2.45) is 5.18 Å². The number of anilines is 1. The number of hydrogen-bond donors (Lipinski definition) is 1. The maximum absolute atomic E-state index is 11.2. The van der Waals surface area contributed by atoms with E-state index in [-0.39, 0.29) is 5.88 Å². The van der Waals surface area contributed by atoms with Crippen LogP contribution in [0.3, 0.4) is 0 Å². The summed E-state index contributed by atoms with van der Waals surface area (Å²) in [5.41, 5.74) is 5.33. The van der Waals surface area contributed by atoms with Crippen molar-refractivity contribution in [3.63, 3.8) is 0 Å². The van der Waals surface area contributed by atoms with Gasteiger partial charge in [-0.2, -0.15) is 4.98 Å². The van der Waals surface area contributed by atoms with Crippen molar-refractivity contribution in [1.29, 1.82) is 0 Å². The fourth-order valence-electron chi connectivity index (χ4n) is 0.774. The van der Waals surface area contributed by atoms with Gasteiger partial charge in [0.15, 0.2) is 11.2 Å². The smallest absolute Gasteiger partial charge is 0.341 e. The lowest BCUT2D eigenvalue weighted by Crippen LogP contribution is -2.23. The summed E-state index contributed by atoms with van der Waals surface area (Å²) in [6.07, 6.45) is 0.307. The monoisotopic (exact) mass is 215 g/mol. The van der Waals surface area contributed by atoms with E-state index in [1.807, 2.05) is 0 Å². The van der Waals surface area contributed by atoms with Crippen molar-refractivity contribution in [1.82, 2.24) is 4.98 Å². The van der Waals surface area contributed by atoms with Crippen LogP contribution in [0.5, 0.6) is 5.88 Å². The Labute approximate surface area is 84.1 Å². The van der Waals surface area contributed by atoms with Crippen molar-refractivity contribution in [3.8, 4) is 5.88 Å². The number of nitroso groups, excluding NO2 is 1. The fraction of sp³-hybridized carbons (Fsp3) is 0.429. The van der Waals surface area contributed by atoms with Crippen LogP contribution >= 0.6 is 11.3 Å². The summed E-state index contributed by atoms with van der Waals surface area (Å²) in [5.74, 6) is -0.590. The molecule has 7 heteroatoms. The van der Waals surface area contributed by atoms with E-state index in [4.69, 9.17) is 10.5 Å². The second-order valence-electron chi connectivity index (χ2n) is 2.47. The van der Waals surface area contributed by atoms with E-state index < -0.39 is 12.0 Å². The lowest BCUT2D eigenvalue weighted by molar-refractivity contribution is -0.136. The van der Waals surface area contributed by atoms with Gasteiger partial charge < -0.3 is 10.5 Å². The number of esters is 1. The molecule has 0 fully saturated rings. The Balaban J connectivity index is 2.60. The Bertz CT molecular complexity index is 339. The zero-order chi connectivity index (χ0) is 10.6. The Hall–Kier alpha value is -1.50. The summed E-state index contributed by atoms with van der Waals surface area (Å²) in [5, 5.41) is 4.43. The minimum Gasteiger partial charge on any atom is -0.405 e. The van der Waals surface area contributed by atoms with E-state index in [0.29, 0.717) is 11.6 Å². The van der Waals surface area contributed by atoms with Crippen molar-refractivity contribution >= 4 is 22.4 Å². The molecular formula is C7H9N3O3S. The highest BCUT2D eigenvalue weighted by molar-refractivity contribution is 7.13. The first kappa shape index (κ1) is 10.6. The molecule has 76 valence electrons. The summed E-state index contributed by atoms with van der Waals surface area (Å²) in [6.45, 7) is 1.67. The van der Waals surface area contributed by atoms with Crippen molar-refractivity contribution in [2.45, 2.75) is 19.4 Å². The second-order valence-corrected chi connectivity index (χ2v) is 3.36. The predicted molar refractivity (Wildman–Crippen MR) is 52.0 cm³/mol. The molecule has 1 aromatic heterocycles. The highest BCUT2D eigenvalue weighted by atomic mass is 32.1. The normalized spacial score (nSPS) is 12.1. The molecule has 1 rings (SSSR count). The lowest BCUT2D eigenvalue weighted by Gasteiger charge is -2.03. The molecule has 1 heterocycles. The Morgan fingerprint density at radius 2 is 2.57 bits per heavy atom. The number of rotatable bonds is 4. The number of nitrogens with two attached hydrogens (primary N) is 1. The average molecular weight is 215 g/mol. The van der Waals surface area contributed by atoms with Crippen LogP contribution in [0.25, 0.3) is 0 Å². The molecule has 0 bridgehead atoms. The van der Waals surface area contributed by atoms with Crippen LogP contribution in [0, 0.1) is 4.91 Å². The molecule has 0 aromatic carbocycles. The fourth-order valence-corrected chi connectivity index (χ4v) is 1.24. The number of ether oxygens (including phenoxy) is 1. The molecule has 1 unspecified atom stereocenters. The first-order valence-corrected chi connectivity index (χ1v) is 4.80. The van der Waals surface area contributed by atoms with Gasteiger partial charge >= 0.3 is 5.97 Å². The maximum atomic E-state index is 11.2. The Morgan fingerprint density at radius 1 is 1.86 bits per heavy atom. The van der Waals surface area contributed by atoms with Gasteiger partial charge in [-0.1, -0.05) is 12.1 Å². The lowest BCUT2D eigenvalue weighted by atomic mass is 10.2. The van der Waals surface area contributed by atoms with Crippen LogP contribution in [-0.4, -0.2) is 17.0 Å². The molecule has 0 aliphatic carbocycles. The highest BCUT2D eigenvalue weighted by Gasteiger charge is 2.20. The number of aromatic nitrogens is 1. The van der Waals surface area contributed by atoms with Crippen molar-refractivity contribution in [3.05, 3.63) is 10.3 Å². The third kappa shape index (κ3) is 2.49. The molecule has 0 aliphatic heterocycles. The van der Waals surface area contributed by atoms with Crippen LogP contribution in [0.4, 0.5) is 5.13 Å². The molecule has 0 spiro atoms. The number of nitrogens with zero attached hydrogens (tertiary/aromatic N) is 2. The van der Waals surface area contributed by atoms with E-state index in [0.717, 1.165) is 11.3 Å². The van der Waals surface area contributed by atoms with Crippen LogP contribution < -0.4 is 10.5 Å². The molecule has 14 heavy (non-hydrogen) atoms. The van der Waals surface area contributed by atoms with Gasteiger partial charge in [0.25, 0.3) is 0 Å². The molecule has 1 atom stereocenters. The summed E-state index contributed by atoms with van der Waals surface area (Å²) < 4.78 is 4.77. The maximum Gasteiger partial charge on any atom is 0.341 e. The van der Waals surface area contributed by atoms with Gasteiger partial charge in [0.05, 0.1) is 5.38 Å². The van der Waals surface area contributed by atoms with Crippen LogP contribution in [-0.2, 0) is 4.79 Å². The minimum atomic E-state index is -0.974. The van der Waals surface area contributed by atoms with E-state index in [1.165, 1.54) is 5.38 Å². The number of carbonyl (C=O) groups excluding carboxylic acids is 1. The molecule has 0 radical (unpaired) electrons. The van der Waals surface area contributed by atoms with Gasteiger partial charge in [-0.25, -0.2) is 4.79 Å². The van der Waals surface area contributed by atoms with Crippen LogP contribution in [0.1, 0.15) is 13.3 Å². The van der Waals surface area contributed by atoms with E-state index in [2.05, 4.69) is 10.2 Å². The zero-order valence-electron chi connectivity index (χ0n) is 7.47. The molecule has 2 N–H and O–H groups in total. The second kappa shape index (κ2) is 4.66. The van der Waals surface area contributed by atoms with Gasteiger partial charge in [-0.15, -0.1) is 16.2 Å². The molecule has 0 saturated heterocycles. The van der Waals surface area contributed by atoms with Crippen molar-refractivity contribution < 1.29 is 9.53 Å². The van der Waals surface area contributed by atoms with Gasteiger partial charge in [-0.05, 0) is 6.42 Å². The van der Waals surface area contributed by atoms with Crippen molar-refractivity contribution in [2.75, 3.05) is 5.73 Å². The molecular weight excluding hydrogens is 206 g/mol. The van der Waals surface area contributed by atoms with Crippen LogP contribution in [0.15, 0.2) is 10.6 Å². The zero-order valence-corrected chi connectivity index (χ0v) is 8.28. The molecule has 6 nitrogen and oxygen atoms in total. The summed E-state index contributed by atoms with van der Waals surface area (Å²) in [7, 11) is 0. The third-order valence-corrected chi connectivity index (χ3v) is 2.14. The topological polar surface area (TPSA) is 94.6 Å². The molecule has 0 amide bonds. The number of carbonyl (C=O) groups is 1. The van der Waals surface area contributed by atoms with Gasteiger partial charge in [0.1, 0.15) is 0 Å². The number of hydrogen-bond acceptors (Lipinski definition) is 7. The minimum absolute atomic E-state index is 0.111. The van der Waals surface area contributed by atoms with E-state index in [9.17, 15) is 9.70 Å². The molecule has 1 aromatic rings. The molecule has 0 saturated carbocycles. The highest BCUT2D eigenvalue weighted by Crippen LogP contribution is 2.18. The summed E-state index contributed by atoms with van der Waals surface area (Å²) >= 11 is 1.15. The van der Waals surface area contributed by atoms with E-state index >= 15 is 0 Å². The first-order chi connectivity index (χ1) is 6.67. The number of nitrogen functional groups attached to an aromatic ring is 1. The van der Waals surface area contributed by atoms with Crippen LogP contribution in [0.2, 0.25) is 0 Å². The van der Waals surface area contributed by atoms with Gasteiger partial charge in [-0.3, -0.25) is 0 Å². The van der Waals surface area contributed by atoms with E-state index in [1.54, 1.807) is 6.92 Å². The third-order valence-electron chi connectivity index (χ3n) is 1.49. The SMILES string of the molecule is CCC(N=O)C(=O)Oc1csc(N)n1. The summed E-state index contributed by atoms with van der Waals surface area (Å²) in [6, 6.07) is -0.974. The van der Waals surface area contributed by atoms with Gasteiger partial charge in [0, 0.05) is 0 Å². The predicted octanol–water partition coefficient (Wildman–Crippen LogP) is 1.18. The largest absolute Gasteiger partial charge is 0.405 e. The average Bonchev–Trinajstić information content (AvgIpc) is 2.53. The Kier molecular flexibility index (Phi) is 3.52. The quantitative estimate of drug-likeness (QED) is 0.601. The van der Waals surface area contributed by atoms with Gasteiger partial charge in [0.2, 0.25) is 5.88 Å². The first-order valence-electron chi connectivity index (χ1n) is 3.92.